The van der Waals surface area contributed by atoms with E-state index in [1.54, 1.807) is 7.11 Å². The van der Waals surface area contributed by atoms with Crippen LogP contribution in [0.4, 0.5) is 0 Å². The van der Waals surface area contributed by atoms with Crippen LogP contribution in [0.1, 0.15) is 18.1 Å². The van der Waals surface area contributed by atoms with Crippen molar-refractivity contribution >= 4 is 0 Å². The first kappa shape index (κ1) is 13.2. The van der Waals surface area contributed by atoms with E-state index in [4.69, 9.17) is 4.74 Å². The largest absolute Gasteiger partial charge is 0.383 e. The Bertz CT molecular complexity index is 281. The number of hydrogen-bond acceptors (Lipinski definition) is 2. The zero-order chi connectivity index (χ0) is 11.8. The lowest BCUT2D eigenvalue weighted by Gasteiger charge is -2.12. The molecule has 1 aromatic carbocycles. The average molecular weight is 221 g/mol. The van der Waals surface area contributed by atoms with Gasteiger partial charge in [0.2, 0.25) is 0 Å². The summed E-state index contributed by atoms with van der Waals surface area (Å²) in [4.78, 5) is 0. The van der Waals surface area contributed by atoms with E-state index in [2.05, 4.69) is 43.4 Å². The molecule has 0 saturated carbocycles. The molecule has 0 aliphatic rings. The van der Waals surface area contributed by atoms with E-state index in [0.29, 0.717) is 5.92 Å². The molecule has 0 amide bonds. The summed E-state index contributed by atoms with van der Waals surface area (Å²) in [6.07, 6.45) is 1.14. The van der Waals surface area contributed by atoms with Crippen molar-refractivity contribution in [1.29, 1.82) is 0 Å². The average Bonchev–Trinajstić information content (AvgIpc) is 2.28. The third kappa shape index (κ3) is 5.29. The fraction of sp³-hybridized carbons (Fsp3) is 0.571. The molecule has 2 nitrogen and oxygen atoms in total. The van der Waals surface area contributed by atoms with Gasteiger partial charge in [0.15, 0.2) is 0 Å². The molecule has 2 heteroatoms. The lowest BCUT2D eigenvalue weighted by atomic mass is 10.0. The zero-order valence-corrected chi connectivity index (χ0v) is 10.6. The van der Waals surface area contributed by atoms with Crippen LogP contribution in [0.15, 0.2) is 24.3 Å². The molecule has 0 fully saturated rings. The van der Waals surface area contributed by atoms with Gasteiger partial charge >= 0.3 is 0 Å². The first-order chi connectivity index (χ1) is 7.72. The van der Waals surface area contributed by atoms with Gasteiger partial charge in [0.05, 0.1) is 6.61 Å². The normalized spacial score (nSPS) is 12.7. The van der Waals surface area contributed by atoms with Gasteiger partial charge in [-0.15, -0.1) is 0 Å². The van der Waals surface area contributed by atoms with Crippen LogP contribution in [0.3, 0.4) is 0 Å². The molecule has 1 N–H and O–H groups in total. The Morgan fingerprint density at radius 2 is 1.94 bits per heavy atom. The van der Waals surface area contributed by atoms with Crippen molar-refractivity contribution in [2.45, 2.75) is 20.3 Å². The van der Waals surface area contributed by atoms with Crippen molar-refractivity contribution in [1.82, 2.24) is 5.32 Å². The summed E-state index contributed by atoms with van der Waals surface area (Å²) in [5.41, 5.74) is 2.75. The predicted molar refractivity (Wildman–Crippen MR) is 68.8 cm³/mol. The van der Waals surface area contributed by atoms with Crippen molar-refractivity contribution in [3.05, 3.63) is 35.4 Å². The summed E-state index contributed by atoms with van der Waals surface area (Å²) >= 11 is 0. The third-order valence-corrected chi connectivity index (χ3v) is 2.68. The predicted octanol–water partition coefficient (Wildman–Crippen LogP) is 2.41. The second-order valence-corrected chi connectivity index (χ2v) is 4.49. The van der Waals surface area contributed by atoms with Crippen molar-refractivity contribution in [2.75, 3.05) is 26.8 Å². The number of rotatable bonds is 7. The Kier molecular flexibility index (Phi) is 6.12. The van der Waals surface area contributed by atoms with Gasteiger partial charge in [0.1, 0.15) is 0 Å². The standard InChI is InChI=1S/C14H23NO/c1-12-4-6-14(7-5-12)10-13(2)11-15-8-9-16-3/h4-7,13,15H,8-11H2,1-3H3. The topological polar surface area (TPSA) is 21.3 Å². The first-order valence-corrected chi connectivity index (χ1v) is 5.97. The van der Waals surface area contributed by atoms with E-state index >= 15 is 0 Å². The molecule has 16 heavy (non-hydrogen) atoms. The van der Waals surface area contributed by atoms with Gasteiger partial charge in [-0.1, -0.05) is 36.8 Å². The van der Waals surface area contributed by atoms with E-state index in [-0.39, 0.29) is 0 Å². The van der Waals surface area contributed by atoms with Crippen molar-refractivity contribution in [3.63, 3.8) is 0 Å². The molecule has 0 aromatic heterocycles. The number of ether oxygens (including phenoxy) is 1. The fourth-order valence-corrected chi connectivity index (χ4v) is 1.72. The molecule has 1 rings (SSSR count). The summed E-state index contributed by atoms with van der Waals surface area (Å²) < 4.78 is 4.99. The summed E-state index contributed by atoms with van der Waals surface area (Å²) in [5.74, 6) is 0.666. The van der Waals surface area contributed by atoms with E-state index in [9.17, 15) is 0 Å². The van der Waals surface area contributed by atoms with Crippen LogP contribution in [-0.4, -0.2) is 26.8 Å². The van der Waals surface area contributed by atoms with Gasteiger partial charge in [-0.3, -0.25) is 0 Å². The SMILES string of the molecule is COCCNCC(C)Cc1ccc(C)cc1. The van der Waals surface area contributed by atoms with Gasteiger partial charge in [-0.25, -0.2) is 0 Å². The zero-order valence-electron chi connectivity index (χ0n) is 10.6. The van der Waals surface area contributed by atoms with Crippen LogP contribution in [0, 0.1) is 12.8 Å². The first-order valence-electron chi connectivity index (χ1n) is 5.97. The second-order valence-electron chi connectivity index (χ2n) is 4.49. The minimum atomic E-state index is 0.666. The molecule has 0 saturated heterocycles. The molecule has 1 aromatic rings. The monoisotopic (exact) mass is 221 g/mol. The molecule has 90 valence electrons. The fourth-order valence-electron chi connectivity index (χ4n) is 1.72. The van der Waals surface area contributed by atoms with E-state index < -0.39 is 0 Å². The lowest BCUT2D eigenvalue weighted by molar-refractivity contribution is 0.198. The smallest absolute Gasteiger partial charge is 0.0587 e. The highest BCUT2D eigenvalue weighted by molar-refractivity contribution is 5.21. The third-order valence-electron chi connectivity index (χ3n) is 2.68. The van der Waals surface area contributed by atoms with Gasteiger partial charge < -0.3 is 10.1 Å². The summed E-state index contributed by atoms with van der Waals surface area (Å²) in [6.45, 7) is 7.18. The Morgan fingerprint density at radius 3 is 2.56 bits per heavy atom. The lowest BCUT2D eigenvalue weighted by Crippen LogP contribution is -2.25. The molecule has 0 heterocycles. The summed E-state index contributed by atoms with van der Waals surface area (Å²) in [5, 5.41) is 3.39. The maximum absolute atomic E-state index is 4.99. The Labute approximate surface area is 99.0 Å². The van der Waals surface area contributed by atoms with Crippen molar-refractivity contribution < 1.29 is 4.74 Å². The molecule has 1 unspecified atom stereocenters. The van der Waals surface area contributed by atoms with Gasteiger partial charge in [0.25, 0.3) is 0 Å². The van der Waals surface area contributed by atoms with Crippen LogP contribution in [0.25, 0.3) is 0 Å². The number of hydrogen-bond donors (Lipinski definition) is 1. The maximum atomic E-state index is 4.99. The number of methoxy groups -OCH3 is 1. The Balaban J connectivity index is 2.23. The van der Waals surface area contributed by atoms with Gasteiger partial charge in [-0.2, -0.15) is 0 Å². The quantitative estimate of drug-likeness (QED) is 0.714. The van der Waals surface area contributed by atoms with Crippen molar-refractivity contribution in [2.24, 2.45) is 5.92 Å². The highest BCUT2D eigenvalue weighted by Crippen LogP contribution is 2.09. The second kappa shape index (κ2) is 7.42. The number of benzene rings is 1. The van der Waals surface area contributed by atoms with Gasteiger partial charge in [0, 0.05) is 13.7 Å². The molecule has 0 bridgehead atoms. The Morgan fingerprint density at radius 1 is 1.25 bits per heavy atom. The summed E-state index contributed by atoms with van der Waals surface area (Å²) in [7, 11) is 1.73. The molecular formula is C14H23NO. The maximum Gasteiger partial charge on any atom is 0.0587 e. The molecular weight excluding hydrogens is 198 g/mol. The van der Waals surface area contributed by atoms with Crippen LogP contribution in [0.5, 0.6) is 0 Å². The van der Waals surface area contributed by atoms with Crippen LogP contribution < -0.4 is 5.32 Å². The van der Waals surface area contributed by atoms with Gasteiger partial charge in [-0.05, 0) is 31.4 Å². The summed E-state index contributed by atoms with van der Waals surface area (Å²) in [6, 6.07) is 8.81. The molecule has 0 aliphatic carbocycles. The Hall–Kier alpha value is -0.860. The van der Waals surface area contributed by atoms with Crippen LogP contribution in [-0.2, 0) is 11.2 Å². The van der Waals surface area contributed by atoms with E-state index in [1.165, 1.54) is 11.1 Å². The molecule has 0 aliphatic heterocycles. The molecule has 1 atom stereocenters. The van der Waals surface area contributed by atoms with E-state index in [1.807, 2.05) is 0 Å². The number of aryl methyl sites for hydroxylation is 1. The van der Waals surface area contributed by atoms with Crippen molar-refractivity contribution in [3.8, 4) is 0 Å². The van der Waals surface area contributed by atoms with Crippen LogP contribution in [0.2, 0.25) is 0 Å². The van der Waals surface area contributed by atoms with E-state index in [0.717, 1.165) is 26.1 Å². The highest BCUT2D eigenvalue weighted by Gasteiger charge is 2.02. The minimum Gasteiger partial charge on any atom is -0.383 e. The highest BCUT2D eigenvalue weighted by atomic mass is 16.5. The van der Waals surface area contributed by atoms with Crippen LogP contribution >= 0.6 is 0 Å². The minimum absolute atomic E-state index is 0.666. The molecule has 0 spiro atoms. The number of nitrogens with one attached hydrogen (secondary N) is 1. The molecule has 0 radical (unpaired) electrons.